The first kappa shape index (κ1) is 17.1. The molecule has 0 fully saturated rings. The van der Waals surface area contributed by atoms with Gasteiger partial charge in [0.05, 0.1) is 13.0 Å². The van der Waals surface area contributed by atoms with Crippen molar-refractivity contribution in [1.29, 1.82) is 0 Å². The number of amides is 1. The Labute approximate surface area is 121 Å². The summed E-state index contributed by atoms with van der Waals surface area (Å²) in [4.78, 5) is 11.5. The molecule has 0 atom stereocenters. The molecule has 6 heteroatoms. The van der Waals surface area contributed by atoms with Crippen LogP contribution in [0.3, 0.4) is 0 Å². The quantitative estimate of drug-likeness (QED) is 0.840. The van der Waals surface area contributed by atoms with Crippen LogP contribution in [0.25, 0.3) is 0 Å². The molecule has 0 unspecified atom stereocenters. The van der Waals surface area contributed by atoms with E-state index in [0.29, 0.717) is 17.7 Å². The largest absolute Gasteiger partial charge is 0.395 e. The van der Waals surface area contributed by atoms with Crippen molar-refractivity contribution in [2.75, 3.05) is 11.9 Å². The van der Waals surface area contributed by atoms with Crippen LogP contribution in [0.2, 0.25) is 0 Å². The first-order valence-electron chi connectivity index (χ1n) is 6.38. The minimum atomic E-state index is -4.34. The van der Waals surface area contributed by atoms with Crippen LogP contribution in [0.4, 0.5) is 18.9 Å². The zero-order chi connectivity index (χ0) is 15.9. The van der Waals surface area contributed by atoms with Crippen LogP contribution in [0.1, 0.15) is 30.4 Å². The number of nitrogens with one attached hydrogen (secondary N) is 1. The average Bonchev–Trinajstić information content (AvgIpc) is 2.35. The third-order valence-corrected chi connectivity index (χ3v) is 2.47. The Hall–Kier alpha value is -2.00. The Morgan fingerprint density at radius 1 is 1.33 bits per heavy atom. The lowest BCUT2D eigenvalue weighted by Crippen LogP contribution is -2.16. The Morgan fingerprint density at radius 3 is 2.67 bits per heavy atom. The van der Waals surface area contributed by atoms with E-state index >= 15 is 0 Å². The summed E-state index contributed by atoms with van der Waals surface area (Å²) in [5.74, 6) is 4.87. The van der Waals surface area contributed by atoms with Gasteiger partial charge in [0.15, 0.2) is 0 Å². The third kappa shape index (κ3) is 7.37. The molecule has 0 saturated heterocycles. The summed E-state index contributed by atoms with van der Waals surface area (Å²) in [6.07, 6.45) is -5.76. The zero-order valence-electron chi connectivity index (χ0n) is 11.5. The van der Waals surface area contributed by atoms with Gasteiger partial charge in [-0.25, -0.2) is 0 Å². The summed E-state index contributed by atoms with van der Waals surface area (Å²) in [5, 5.41) is 11.1. The van der Waals surface area contributed by atoms with Gasteiger partial charge in [-0.15, -0.1) is 0 Å². The smallest absolute Gasteiger partial charge is 0.389 e. The lowest BCUT2D eigenvalue weighted by molar-refractivity contribution is -0.142. The molecular weight excluding hydrogens is 283 g/mol. The maximum Gasteiger partial charge on any atom is 0.389 e. The Kier molecular flexibility index (Phi) is 6.25. The van der Waals surface area contributed by atoms with Gasteiger partial charge in [-0.3, -0.25) is 4.79 Å². The van der Waals surface area contributed by atoms with Gasteiger partial charge in [0.1, 0.15) is 0 Å². The van der Waals surface area contributed by atoms with Crippen molar-refractivity contribution in [3.63, 3.8) is 0 Å². The van der Waals surface area contributed by atoms with Crippen molar-refractivity contribution in [3.05, 3.63) is 29.3 Å². The highest BCUT2D eigenvalue weighted by molar-refractivity contribution is 5.91. The third-order valence-electron chi connectivity index (χ3n) is 2.47. The second-order valence-corrected chi connectivity index (χ2v) is 4.53. The molecule has 114 valence electrons. The highest BCUT2D eigenvalue weighted by atomic mass is 19.4. The van der Waals surface area contributed by atoms with Gasteiger partial charge in [0.2, 0.25) is 5.91 Å². The van der Waals surface area contributed by atoms with Crippen molar-refractivity contribution >= 4 is 11.6 Å². The number of hydrogen-bond donors (Lipinski definition) is 2. The van der Waals surface area contributed by atoms with Crippen molar-refractivity contribution in [3.8, 4) is 11.8 Å². The first-order chi connectivity index (χ1) is 9.80. The van der Waals surface area contributed by atoms with Gasteiger partial charge >= 0.3 is 6.18 Å². The van der Waals surface area contributed by atoms with Crippen molar-refractivity contribution < 1.29 is 23.1 Å². The molecule has 3 nitrogen and oxygen atoms in total. The van der Waals surface area contributed by atoms with Gasteiger partial charge in [0, 0.05) is 24.1 Å². The van der Waals surface area contributed by atoms with Crippen molar-refractivity contribution in [2.45, 2.75) is 32.4 Å². The molecule has 21 heavy (non-hydrogen) atoms. The summed E-state index contributed by atoms with van der Waals surface area (Å²) in [7, 11) is 0. The molecule has 0 aliphatic heterocycles. The highest BCUT2D eigenvalue weighted by Gasteiger charge is 2.27. The van der Waals surface area contributed by atoms with E-state index in [-0.39, 0.29) is 6.61 Å². The fourth-order valence-corrected chi connectivity index (χ4v) is 1.63. The maximum absolute atomic E-state index is 12.0. The molecular formula is C15H16F3NO2. The molecule has 0 saturated carbocycles. The Balaban J connectivity index is 2.71. The van der Waals surface area contributed by atoms with Crippen LogP contribution in [-0.4, -0.2) is 23.8 Å². The van der Waals surface area contributed by atoms with Gasteiger partial charge in [0.25, 0.3) is 0 Å². The van der Waals surface area contributed by atoms with E-state index in [1.54, 1.807) is 25.1 Å². The number of halogens is 3. The number of carbonyl (C=O) groups is 1. The van der Waals surface area contributed by atoms with Crippen molar-refractivity contribution in [2.24, 2.45) is 0 Å². The number of alkyl halides is 3. The SMILES string of the molecule is Cc1cc(C#CCCO)cc(NC(=O)CCC(F)(F)F)c1. The molecule has 0 radical (unpaired) electrons. The number of benzene rings is 1. The van der Waals surface area contributed by atoms with Crippen LogP contribution in [0.5, 0.6) is 0 Å². The number of hydrogen-bond acceptors (Lipinski definition) is 2. The monoisotopic (exact) mass is 299 g/mol. The van der Waals surface area contributed by atoms with E-state index < -0.39 is 24.9 Å². The summed E-state index contributed by atoms with van der Waals surface area (Å²) in [5.41, 5.74) is 1.88. The summed E-state index contributed by atoms with van der Waals surface area (Å²) in [6.45, 7) is 1.75. The predicted octanol–water partition coefficient (Wildman–Crippen LogP) is 3.01. The van der Waals surface area contributed by atoms with Gasteiger partial charge in [-0.05, 0) is 30.7 Å². The van der Waals surface area contributed by atoms with Crippen LogP contribution >= 0.6 is 0 Å². The topological polar surface area (TPSA) is 49.3 Å². The number of aliphatic hydroxyl groups is 1. The summed E-state index contributed by atoms with van der Waals surface area (Å²) >= 11 is 0. The van der Waals surface area contributed by atoms with Crippen LogP contribution in [0.15, 0.2) is 18.2 Å². The zero-order valence-corrected chi connectivity index (χ0v) is 11.5. The number of anilines is 1. The minimum Gasteiger partial charge on any atom is -0.395 e. The fourth-order valence-electron chi connectivity index (χ4n) is 1.63. The second kappa shape index (κ2) is 7.70. The van der Waals surface area contributed by atoms with Crippen molar-refractivity contribution in [1.82, 2.24) is 0 Å². The molecule has 0 spiro atoms. The van der Waals surface area contributed by atoms with E-state index in [4.69, 9.17) is 5.11 Å². The van der Waals surface area contributed by atoms with Gasteiger partial charge < -0.3 is 10.4 Å². The van der Waals surface area contributed by atoms with E-state index in [0.717, 1.165) is 5.56 Å². The Bertz CT molecular complexity index is 556. The molecule has 1 rings (SSSR count). The molecule has 1 amide bonds. The van der Waals surface area contributed by atoms with Crippen LogP contribution in [0, 0.1) is 18.8 Å². The lowest BCUT2D eigenvalue weighted by atomic mass is 10.1. The van der Waals surface area contributed by atoms with E-state index in [1.165, 1.54) is 0 Å². The highest BCUT2D eigenvalue weighted by Crippen LogP contribution is 2.22. The Morgan fingerprint density at radius 2 is 2.05 bits per heavy atom. The average molecular weight is 299 g/mol. The van der Waals surface area contributed by atoms with Crippen LogP contribution in [-0.2, 0) is 4.79 Å². The number of rotatable bonds is 4. The molecule has 0 bridgehead atoms. The number of carbonyl (C=O) groups excluding carboxylic acids is 1. The molecule has 0 aliphatic carbocycles. The number of aryl methyl sites for hydroxylation is 1. The molecule has 0 aromatic heterocycles. The standard InChI is InChI=1S/C15H16F3NO2/c1-11-8-12(4-2-3-7-20)10-13(9-11)19-14(21)5-6-15(16,17)18/h8-10,20H,3,5-7H2,1H3,(H,19,21). The second-order valence-electron chi connectivity index (χ2n) is 4.53. The molecule has 1 aromatic rings. The summed E-state index contributed by atoms with van der Waals surface area (Å²) in [6, 6.07) is 5.03. The fraction of sp³-hybridized carbons (Fsp3) is 0.400. The molecule has 0 heterocycles. The normalized spacial score (nSPS) is 10.7. The first-order valence-corrected chi connectivity index (χ1v) is 6.38. The van der Waals surface area contributed by atoms with E-state index in [9.17, 15) is 18.0 Å². The van der Waals surface area contributed by atoms with Gasteiger partial charge in [-0.2, -0.15) is 13.2 Å². The minimum absolute atomic E-state index is 0.0418. The maximum atomic E-state index is 12.0. The van der Waals surface area contributed by atoms with Gasteiger partial charge in [-0.1, -0.05) is 11.8 Å². The molecule has 1 aromatic carbocycles. The van der Waals surface area contributed by atoms with Crippen LogP contribution < -0.4 is 5.32 Å². The van der Waals surface area contributed by atoms with E-state index in [1.807, 2.05) is 0 Å². The van der Waals surface area contributed by atoms with E-state index in [2.05, 4.69) is 17.2 Å². The lowest BCUT2D eigenvalue weighted by Gasteiger charge is -2.08. The number of aliphatic hydroxyl groups excluding tert-OH is 1. The predicted molar refractivity (Wildman–Crippen MR) is 73.7 cm³/mol. The molecule has 0 aliphatic rings. The molecule has 2 N–H and O–H groups in total. The summed E-state index contributed by atoms with van der Waals surface area (Å²) < 4.78 is 36.1.